The average Bonchev–Trinajstić information content (AvgIpc) is 2.01. The van der Waals surface area contributed by atoms with Crippen molar-refractivity contribution in [3.63, 3.8) is 0 Å². The minimum absolute atomic E-state index is 0.0656. The van der Waals surface area contributed by atoms with E-state index in [0.717, 1.165) is 5.56 Å². The van der Waals surface area contributed by atoms with Gasteiger partial charge in [0.15, 0.2) is 0 Å². The second-order valence-electron chi connectivity index (χ2n) is 2.90. The van der Waals surface area contributed by atoms with Crippen LogP contribution in [-0.4, -0.2) is 11.0 Å². The van der Waals surface area contributed by atoms with Crippen molar-refractivity contribution >= 4 is 29.2 Å². The molecule has 1 aromatic rings. The molecule has 0 aliphatic carbocycles. The first-order valence-corrected chi connectivity index (χ1v) is 4.77. The van der Waals surface area contributed by atoms with Crippen LogP contribution in [0.1, 0.15) is 17.5 Å². The summed E-state index contributed by atoms with van der Waals surface area (Å²) in [5.41, 5.74) is 1.55. The zero-order chi connectivity index (χ0) is 10.7. The Morgan fingerprint density at radius 1 is 1.57 bits per heavy atom. The van der Waals surface area contributed by atoms with Crippen LogP contribution in [0, 0.1) is 6.92 Å². The molecule has 0 aliphatic rings. The van der Waals surface area contributed by atoms with Crippen LogP contribution in [0.5, 0.6) is 0 Å². The number of hydrogen-bond acceptors (Lipinski definition) is 3. The van der Waals surface area contributed by atoms with E-state index in [2.05, 4.69) is 4.98 Å². The van der Waals surface area contributed by atoms with Gasteiger partial charge in [-0.2, -0.15) is 0 Å². The fourth-order valence-electron chi connectivity index (χ4n) is 1.15. The average molecular weight is 233 g/mol. The van der Waals surface area contributed by atoms with Gasteiger partial charge < -0.3 is 9.90 Å². The first-order chi connectivity index (χ1) is 6.50. The van der Waals surface area contributed by atoms with E-state index < -0.39 is 5.97 Å². The highest BCUT2D eigenvalue weighted by Gasteiger charge is 2.07. The van der Waals surface area contributed by atoms with Crippen molar-refractivity contribution in [1.82, 2.24) is 4.98 Å². The summed E-state index contributed by atoms with van der Waals surface area (Å²) < 4.78 is 0. The SMILES string of the molecule is Cc1cc(Cl)nc(Cl)c1CCC(=O)[O-]. The van der Waals surface area contributed by atoms with Gasteiger partial charge in [0.1, 0.15) is 10.3 Å². The van der Waals surface area contributed by atoms with E-state index in [4.69, 9.17) is 23.2 Å². The Morgan fingerprint density at radius 3 is 2.71 bits per heavy atom. The first-order valence-electron chi connectivity index (χ1n) is 4.02. The Labute approximate surface area is 91.7 Å². The summed E-state index contributed by atoms with van der Waals surface area (Å²) in [4.78, 5) is 14.1. The molecular formula is C9H8Cl2NO2-. The van der Waals surface area contributed by atoms with Crippen LogP contribution < -0.4 is 5.11 Å². The number of carbonyl (C=O) groups excluding carboxylic acids is 1. The van der Waals surface area contributed by atoms with E-state index >= 15 is 0 Å². The van der Waals surface area contributed by atoms with Crippen LogP contribution in [0.25, 0.3) is 0 Å². The highest BCUT2D eigenvalue weighted by atomic mass is 35.5. The third-order valence-electron chi connectivity index (χ3n) is 1.84. The predicted molar refractivity (Wildman–Crippen MR) is 52.3 cm³/mol. The minimum atomic E-state index is -1.10. The Bertz CT molecular complexity index is 343. The van der Waals surface area contributed by atoms with Gasteiger partial charge >= 0.3 is 0 Å². The molecule has 76 valence electrons. The van der Waals surface area contributed by atoms with Crippen molar-refractivity contribution in [2.24, 2.45) is 0 Å². The summed E-state index contributed by atoms with van der Waals surface area (Å²) in [6.45, 7) is 1.81. The van der Waals surface area contributed by atoms with Crippen molar-refractivity contribution in [3.8, 4) is 0 Å². The number of carboxylic acids is 1. The van der Waals surface area contributed by atoms with Gasteiger partial charge in [-0.1, -0.05) is 23.2 Å². The van der Waals surface area contributed by atoms with E-state index in [0.29, 0.717) is 17.1 Å². The zero-order valence-corrected chi connectivity index (χ0v) is 9.02. The molecule has 0 spiro atoms. The number of aliphatic carboxylic acids is 1. The number of hydrogen-bond donors (Lipinski definition) is 0. The Hall–Kier alpha value is -0.800. The molecule has 0 saturated heterocycles. The number of carbonyl (C=O) groups is 1. The molecule has 0 amide bonds. The van der Waals surface area contributed by atoms with Gasteiger partial charge in [0.25, 0.3) is 0 Å². The summed E-state index contributed by atoms with van der Waals surface area (Å²) in [6, 6.07) is 1.65. The quantitative estimate of drug-likeness (QED) is 0.741. The van der Waals surface area contributed by atoms with Crippen molar-refractivity contribution in [2.75, 3.05) is 0 Å². The normalized spacial score (nSPS) is 10.2. The maximum Gasteiger partial charge on any atom is 0.134 e. The number of carboxylic acid groups (broad SMARTS) is 1. The maximum atomic E-state index is 10.3. The standard InChI is InChI=1S/C9H9Cl2NO2/c1-5-4-7(10)12-9(11)6(5)2-3-8(13)14/h4H,2-3H2,1H3,(H,13,14)/p-1. The van der Waals surface area contributed by atoms with Crippen LogP contribution in [0.2, 0.25) is 10.3 Å². The minimum Gasteiger partial charge on any atom is -0.550 e. The molecular weight excluding hydrogens is 225 g/mol. The highest BCUT2D eigenvalue weighted by Crippen LogP contribution is 2.22. The Morgan fingerprint density at radius 2 is 2.21 bits per heavy atom. The number of nitrogens with zero attached hydrogens (tertiary/aromatic N) is 1. The molecule has 0 aliphatic heterocycles. The number of aryl methyl sites for hydroxylation is 1. The maximum absolute atomic E-state index is 10.3. The topological polar surface area (TPSA) is 53.0 Å². The van der Waals surface area contributed by atoms with E-state index in [1.807, 2.05) is 6.92 Å². The van der Waals surface area contributed by atoms with Gasteiger partial charge in [0.05, 0.1) is 0 Å². The first kappa shape index (κ1) is 11.3. The van der Waals surface area contributed by atoms with Crippen molar-refractivity contribution < 1.29 is 9.90 Å². The van der Waals surface area contributed by atoms with Crippen LogP contribution in [0.15, 0.2) is 6.07 Å². The van der Waals surface area contributed by atoms with Crippen LogP contribution in [0.3, 0.4) is 0 Å². The molecule has 0 bridgehead atoms. The lowest BCUT2D eigenvalue weighted by atomic mass is 10.1. The second-order valence-corrected chi connectivity index (χ2v) is 3.65. The molecule has 0 fully saturated rings. The molecule has 1 aromatic heterocycles. The van der Waals surface area contributed by atoms with E-state index in [1.165, 1.54) is 0 Å². The largest absolute Gasteiger partial charge is 0.550 e. The van der Waals surface area contributed by atoms with Gasteiger partial charge in [-0.15, -0.1) is 0 Å². The van der Waals surface area contributed by atoms with Gasteiger partial charge in [-0.25, -0.2) is 4.98 Å². The van der Waals surface area contributed by atoms with Gasteiger partial charge in [0, 0.05) is 5.97 Å². The molecule has 0 saturated carbocycles. The smallest absolute Gasteiger partial charge is 0.134 e. The lowest BCUT2D eigenvalue weighted by Crippen LogP contribution is -2.22. The molecule has 0 N–H and O–H groups in total. The molecule has 5 heteroatoms. The highest BCUT2D eigenvalue weighted by molar-refractivity contribution is 6.33. The van der Waals surface area contributed by atoms with Gasteiger partial charge in [-0.05, 0) is 37.0 Å². The second kappa shape index (κ2) is 4.62. The molecule has 14 heavy (non-hydrogen) atoms. The van der Waals surface area contributed by atoms with Gasteiger partial charge in [-0.3, -0.25) is 0 Å². The lowest BCUT2D eigenvalue weighted by Gasteiger charge is -2.08. The lowest BCUT2D eigenvalue weighted by molar-refractivity contribution is -0.305. The predicted octanol–water partition coefficient (Wildman–Crippen LogP) is 1.38. The molecule has 0 radical (unpaired) electrons. The number of rotatable bonds is 3. The molecule has 3 nitrogen and oxygen atoms in total. The van der Waals surface area contributed by atoms with Gasteiger partial charge in [0.2, 0.25) is 0 Å². The number of aromatic nitrogens is 1. The summed E-state index contributed by atoms with van der Waals surface area (Å²) in [5, 5.41) is 10.8. The monoisotopic (exact) mass is 232 g/mol. The molecule has 0 unspecified atom stereocenters. The van der Waals surface area contributed by atoms with E-state index in [-0.39, 0.29) is 11.6 Å². The van der Waals surface area contributed by atoms with E-state index in [9.17, 15) is 9.90 Å². The molecule has 1 heterocycles. The van der Waals surface area contributed by atoms with Crippen molar-refractivity contribution in [1.29, 1.82) is 0 Å². The van der Waals surface area contributed by atoms with Crippen LogP contribution >= 0.6 is 23.2 Å². The number of pyridine rings is 1. The Kier molecular flexibility index (Phi) is 3.72. The molecule has 1 rings (SSSR count). The van der Waals surface area contributed by atoms with Crippen LogP contribution in [0.4, 0.5) is 0 Å². The fraction of sp³-hybridized carbons (Fsp3) is 0.333. The summed E-state index contributed by atoms with van der Waals surface area (Å²) >= 11 is 11.5. The fourth-order valence-corrected chi connectivity index (χ4v) is 1.78. The Balaban J connectivity index is 2.91. The summed E-state index contributed by atoms with van der Waals surface area (Å²) in [7, 11) is 0. The van der Waals surface area contributed by atoms with Crippen LogP contribution in [-0.2, 0) is 11.2 Å². The third kappa shape index (κ3) is 2.86. The third-order valence-corrected chi connectivity index (χ3v) is 2.35. The number of halogens is 2. The van der Waals surface area contributed by atoms with E-state index in [1.54, 1.807) is 6.07 Å². The zero-order valence-electron chi connectivity index (χ0n) is 7.51. The van der Waals surface area contributed by atoms with Crippen molar-refractivity contribution in [3.05, 3.63) is 27.5 Å². The summed E-state index contributed by atoms with van der Waals surface area (Å²) in [5.74, 6) is -1.10. The molecule has 0 aromatic carbocycles. The summed E-state index contributed by atoms with van der Waals surface area (Å²) in [6.07, 6.45) is 0.251. The molecule has 0 atom stereocenters. The van der Waals surface area contributed by atoms with Crippen molar-refractivity contribution in [2.45, 2.75) is 19.8 Å².